The molecule has 1 aromatic heterocycles. The van der Waals surface area contributed by atoms with Gasteiger partial charge in [0.2, 0.25) is 0 Å². The Balaban J connectivity index is 0.000000360. The quantitative estimate of drug-likeness (QED) is 0.648. The molecule has 1 heterocycles. The van der Waals surface area contributed by atoms with Crippen molar-refractivity contribution >= 4 is 0 Å². The summed E-state index contributed by atoms with van der Waals surface area (Å²) in [5.41, 5.74) is 0. The van der Waals surface area contributed by atoms with Gasteiger partial charge < -0.3 is 4.98 Å². The molecule has 0 saturated heterocycles. The maximum atomic E-state index is 3.66. The van der Waals surface area contributed by atoms with E-state index in [1.165, 1.54) is 0 Å². The van der Waals surface area contributed by atoms with Crippen LogP contribution in [0, 0.1) is 36.1 Å². The first-order valence-corrected chi connectivity index (χ1v) is 1.77. The van der Waals surface area contributed by atoms with Gasteiger partial charge in [-0.2, -0.15) is 18.2 Å². The summed E-state index contributed by atoms with van der Waals surface area (Å²) in [4.78, 5) is 3.66. The molecular formula is C5H4NNp-. The van der Waals surface area contributed by atoms with Crippen LogP contribution in [0.15, 0.2) is 24.4 Å². The van der Waals surface area contributed by atoms with E-state index in [4.69, 9.17) is 0 Å². The Morgan fingerprint density at radius 2 is 2.14 bits per heavy atom. The fourth-order valence-electron chi connectivity index (χ4n) is 0.277. The van der Waals surface area contributed by atoms with Gasteiger partial charge in [0, 0.05) is 29.9 Å². The molecule has 35 valence electrons. The van der Waals surface area contributed by atoms with E-state index in [-0.39, 0.29) is 29.9 Å². The fourth-order valence-corrected chi connectivity index (χ4v) is 0.277. The van der Waals surface area contributed by atoms with Gasteiger partial charge in [-0.25, -0.2) is 0 Å². The van der Waals surface area contributed by atoms with E-state index in [2.05, 4.69) is 11.2 Å². The van der Waals surface area contributed by atoms with Crippen molar-refractivity contribution in [3.8, 4) is 0 Å². The minimum Gasteiger partial charge on any atom is -0.394 e. The standard InChI is InChI=1S/C5H4N.Np/c1-2-4-6-5-3-1;/h1-4H;/q-1;. The summed E-state index contributed by atoms with van der Waals surface area (Å²) in [5, 5.41) is 0. The Morgan fingerprint density at radius 3 is 2.29 bits per heavy atom. The molecule has 1 aromatic rings. The van der Waals surface area contributed by atoms with Gasteiger partial charge in [-0.05, 0) is 0 Å². The van der Waals surface area contributed by atoms with Crippen LogP contribution >= 0.6 is 0 Å². The van der Waals surface area contributed by atoms with Crippen LogP contribution in [0.1, 0.15) is 0 Å². The van der Waals surface area contributed by atoms with Gasteiger partial charge in [-0.15, -0.1) is 0 Å². The summed E-state index contributed by atoms with van der Waals surface area (Å²) < 4.78 is 0. The van der Waals surface area contributed by atoms with Crippen LogP contribution in [0.3, 0.4) is 0 Å². The van der Waals surface area contributed by atoms with Gasteiger partial charge in [0.25, 0.3) is 0 Å². The van der Waals surface area contributed by atoms with Crippen LogP contribution < -0.4 is 0 Å². The Hall–Kier alpha value is 0.163. The van der Waals surface area contributed by atoms with Gasteiger partial charge in [0.1, 0.15) is 0 Å². The zero-order chi connectivity index (χ0) is 4.24. The van der Waals surface area contributed by atoms with Crippen molar-refractivity contribution in [1.82, 2.24) is 4.98 Å². The SMILES string of the molecule is [Np].[c-]1ccccn1. The van der Waals surface area contributed by atoms with Crippen molar-refractivity contribution < 1.29 is 29.9 Å². The molecule has 2 heteroatoms. The predicted molar refractivity (Wildman–Crippen MR) is 23.1 cm³/mol. The monoisotopic (exact) mass is 314 g/mol. The summed E-state index contributed by atoms with van der Waals surface area (Å²) in [6.07, 6.45) is 4.34. The molecular weight excluding hydrogens is 311 g/mol. The second-order valence-corrected chi connectivity index (χ2v) is 0.959. The maximum Gasteiger partial charge on any atom is 0 e. The second kappa shape index (κ2) is 4.33. The van der Waals surface area contributed by atoms with Crippen LogP contribution in [0.4, 0.5) is 0 Å². The molecule has 1 radical (unpaired) electrons. The van der Waals surface area contributed by atoms with E-state index < -0.39 is 0 Å². The van der Waals surface area contributed by atoms with E-state index in [1.807, 2.05) is 12.1 Å². The first-order chi connectivity index (χ1) is 3.00. The predicted octanol–water partition coefficient (Wildman–Crippen LogP) is 0.882. The number of hydrogen-bond acceptors (Lipinski definition) is 1. The van der Waals surface area contributed by atoms with Crippen LogP contribution in [0.25, 0.3) is 0 Å². The number of rotatable bonds is 0. The molecule has 0 N–H and O–H groups in total. The number of aromatic nitrogens is 1. The van der Waals surface area contributed by atoms with Crippen molar-refractivity contribution in [2.75, 3.05) is 0 Å². The average Bonchev–Trinajstić information content (AvgIpc) is 1.72. The molecule has 0 amide bonds. The third-order valence-electron chi connectivity index (χ3n) is 0.517. The molecule has 0 unspecified atom stereocenters. The molecule has 0 aliphatic carbocycles. The van der Waals surface area contributed by atoms with E-state index in [1.54, 1.807) is 12.3 Å². The Labute approximate surface area is 65.4 Å². The van der Waals surface area contributed by atoms with Gasteiger partial charge in [-0.1, -0.05) is 12.4 Å². The number of nitrogens with zero attached hydrogens (tertiary/aromatic N) is 1. The molecule has 0 spiro atoms. The van der Waals surface area contributed by atoms with E-state index >= 15 is 0 Å². The summed E-state index contributed by atoms with van der Waals surface area (Å²) in [5.74, 6) is 0. The third kappa shape index (κ3) is 2.81. The zero-order valence-corrected chi connectivity index (χ0v) is 7.43. The van der Waals surface area contributed by atoms with Crippen molar-refractivity contribution in [1.29, 1.82) is 0 Å². The van der Waals surface area contributed by atoms with Gasteiger partial charge >= 0.3 is 0 Å². The van der Waals surface area contributed by atoms with E-state index in [9.17, 15) is 0 Å². The largest absolute Gasteiger partial charge is 0.394 e. The van der Waals surface area contributed by atoms with Crippen molar-refractivity contribution in [3.05, 3.63) is 30.6 Å². The summed E-state index contributed by atoms with van der Waals surface area (Å²) in [7, 11) is 0. The first kappa shape index (κ1) is 7.16. The molecule has 1 nitrogen and oxygen atoms in total. The molecule has 1 rings (SSSR count). The van der Waals surface area contributed by atoms with E-state index in [0.29, 0.717) is 0 Å². The van der Waals surface area contributed by atoms with Gasteiger partial charge in [-0.3, -0.25) is 0 Å². The average molecular weight is 315 g/mol. The Bertz CT molecular complexity index is 80.0. The molecule has 0 saturated carbocycles. The first-order valence-electron chi connectivity index (χ1n) is 1.77. The molecule has 7 heavy (non-hydrogen) atoms. The van der Waals surface area contributed by atoms with Crippen LogP contribution in [-0.2, 0) is 0 Å². The smallest absolute Gasteiger partial charge is 0 e. The van der Waals surface area contributed by atoms with Crippen molar-refractivity contribution in [3.63, 3.8) is 0 Å². The number of hydrogen-bond donors (Lipinski definition) is 0. The maximum absolute atomic E-state index is 3.66. The van der Waals surface area contributed by atoms with Crippen LogP contribution in [0.5, 0.6) is 0 Å². The Morgan fingerprint density at radius 1 is 1.29 bits per heavy atom. The van der Waals surface area contributed by atoms with Crippen molar-refractivity contribution in [2.24, 2.45) is 0 Å². The molecule has 0 aromatic carbocycles. The Kier molecular flexibility index (Phi) is 4.43. The summed E-state index contributed by atoms with van der Waals surface area (Å²) >= 11 is 0. The second-order valence-electron chi connectivity index (χ2n) is 0.959. The molecule has 0 fully saturated rings. The molecule has 0 aliphatic heterocycles. The van der Waals surface area contributed by atoms with Crippen molar-refractivity contribution in [2.45, 2.75) is 0 Å². The fraction of sp³-hybridized carbons (Fsp3) is 0. The third-order valence-corrected chi connectivity index (χ3v) is 0.517. The van der Waals surface area contributed by atoms with Gasteiger partial charge in [0.05, 0.1) is 0 Å². The van der Waals surface area contributed by atoms with Crippen LogP contribution in [0.2, 0.25) is 0 Å². The normalized spacial score (nSPS) is 6.86. The molecule has 0 aliphatic rings. The van der Waals surface area contributed by atoms with Crippen LogP contribution in [-0.4, -0.2) is 4.98 Å². The topological polar surface area (TPSA) is 12.9 Å². The minimum absolute atomic E-state index is 0. The van der Waals surface area contributed by atoms with E-state index in [0.717, 1.165) is 0 Å². The number of pyridine rings is 1. The molecule has 0 bridgehead atoms. The molecule has 0 atom stereocenters. The van der Waals surface area contributed by atoms with Gasteiger partial charge in [0.15, 0.2) is 0 Å². The summed E-state index contributed by atoms with van der Waals surface area (Å²) in [6, 6.07) is 5.50. The zero-order valence-electron chi connectivity index (χ0n) is 3.70. The minimum atomic E-state index is 0. The summed E-state index contributed by atoms with van der Waals surface area (Å²) in [6.45, 7) is 0.